The van der Waals surface area contributed by atoms with Gasteiger partial charge in [-0.1, -0.05) is 6.92 Å². The number of methoxy groups -OCH3 is 1. The third-order valence-electron chi connectivity index (χ3n) is 2.12. The summed E-state index contributed by atoms with van der Waals surface area (Å²) in [6.07, 6.45) is 2.59. The Labute approximate surface area is 63.0 Å². The molecule has 1 fully saturated rings. The largest absolute Gasteiger partial charge is 0.383 e. The highest BCUT2D eigenvalue weighted by Crippen LogP contribution is 2.14. The van der Waals surface area contributed by atoms with Gasteiger partial charge in [-0.3, -0.25) is 0 Å². The fourth-order valence-electron chi connectivity index (χ4n) is 1.55. The van der Waals surface area contributed by atoms with Gasteiger partial charge in [0, 0.05) is 13.2 Å². The van der Waals surface area contributed by atoms with E-state index in [0.717, 1.165) is 19.1 Å². The second kappa shape index (κ2) is 3.94. The van der Waals surface area contributed by atoms with Crippen LogP contribution in [0.4, 0.5) is 0 Å². The van der Waals surface area contributed by atoms with Gasteiger partial charge in [-0.05, 0) is 25.3 Å². The number of rotatable bonds is 2. The molecular weight excluding hydrogens is 126 g/mol. The highest BCUT2D eigenvalue weighted by atomic mass is 16.5. The molecule has 1 aliphatic rings. The Morgan fingerprint density at radius 1 is 1.60 bits per heavy atom. The van der Waals surface area contributed by atoms with Crippen LogP contribution >= 0.6 is 0 Å². The molecule has 1 saturated heterocycles. The number of hydrogen-bond donors (Lipinski definition) is 1. The number of nitrogens with one attached hydrogen (secondary N) is 1. The lowest BCUT2D eigenvalue weighted by atomic mass is 9.95. The third-order valence-corrected chi connectivity index (χ3v) is 2.12. The quantitative estimate of drug-likeness (QED) is 0.623. The molecule has 0 radical (unpaired) electrons. The molecule has 1 heterocycles. The first-order valence-corrected chi connectivity index (χ1v) is 4.05. The minimum Gasteiger partial charge on any atom is -0.383 e. The van der Waals surface area contributed by atoms with Crippen molar-refractivity contribution >= 4 is 0 Å². The molecule has 2 heteroatoms. The van der Waals surface area contributed by atoms with Gasteiger partial charge in [0.2, 0.25) is 0 Å². The average molecular weight is 143 g/mol. The second-order valence-electron chi connectivity index (χ2n) is 3.24. The van der Waals surface area contributed by atoms with Crippen molar-refractivity contribution in [2.24, 2.45) is 5.92 Å². The molecule has 0 bridgehead atoms. The summed E-state index contributed by atoms with van der Waals surface area (Å²) >= 11 is 0. The van der Waals surface area contributed by atoms with Gasteiger partial charge in [-0.2, -0.15) is 0 Å². The van der Waals surface area contributed by atoms with Crippen LogP contribution in [0.2, 0.25) is 0 Å². The fourth-order valence-corrected chi connectivity index (χ4v) is 1.55. The molecule has 0 saturated carbocycles. The van der Waals surface area contributed by atoms with Gasteiger partial charge < -0.3 is 10.1 Å². The lowest BCUT2D eigenvalue weighted by Gasteiger charge is -2.27. The summed E-state index contributed by atoms with van der Waals surface area (Å²) < 4.78 is 5.07. The van der Waals surface area contributed by atoms with Crippen molar-refractivity contribution in [2.75, 3.05) is 20.3 Å². The van der Waals surface area contributed by atoms with E-state index < -0.39 is 0 Å². The summed E-state index contributed by atoms with van der Waals surface area (Å²) in [5, 5.41) is 3.43. The Morgan fingerprint density at radius 2 is 2.40 bits per heavy atom. The predicted octanol–water partition coefficient (Wildman–Crippen LogP) is 1.02. The number of hydrogen-bond acceptors (Lipinski definition) is 2. The molecule has 10 heavy (non-hydrogen) atoms. The van der Waals surface area contributed by atoms with Crippen LogP contribution in [0.15, 0.2) is 0 Å². The molecule has 0 aromatic heterocycles. The standard InChI is InChI=1S/C8H17NO/c1-7-3-4-9-8(5-7)6-10-2/h7-9H,3-6H2,1-2H3/t7-,8-/m0/s1. The van der Waals surface area contributed by atoms with Crippen LogP contribution in [0.1, 0.15) is 19.8 Å². The smallest absolute Gasteiger partial charge is 0.0615 e. The molecule has 1 rings (SSSR count). The van der Waals surface area contributed by atoms with Gasteiger partial charge in [-0.25, -0.2) is 0 Å². The van der Waals surface area contributed by atoms with Crippen LogP contribution in [0.3, 0.4) is 0 Å². The van der Waals surface area contributed by atoms with Crippen LogP contribution < -0.4 is 5.32 Å². The number of piperidine rings is 1. The van der Waals surface area contributed by atoms with Gasteiger partial charge in [0.15, 0.2) is 0 Å². The van der Waals surface area contributed by atoms with E-state index in [9.17, 15) is 0 Å². The molecule has 0 spiro atoms. The topological polar surface area (TPSA) is 21.3 Å². The Kier molecular flexibility index (Phi) is 3.16. The Hall–Kier alpha value is -0.0800. The van der Waals surface area contributed by atoms with Crippen molar-refractivity contribution in [1.82, 2.24) is 5.32 Å². The lowest BCUT2D eigenvalue weighted by molar-refractivity contribution is 0.142. The Balaban J connectivity index is 2.18. The van der Waals surface area contributed by atoms with Crippen molar-refractivity contribution < 1.29 is 4.74 Å². The van der Waals surface area contributed by atoms with Crippen LogP contribution in [-0.2, 0) is 4.74 Å². The second-order valence-corrected chi connectivity index (χ2v) is 3.24. The highest BCUT2D eigenvalue weighted by molar-refractivity contribution is 4.75. The van der Waals surface area contributed by atoms with Gasteiger partial charge >= 0.3 is 0 Å². The fraction of sp³-hybridized carbons (Fsp3) is 1.00. The third kappa shape index (κ3) is 2.27. The summed E-state index contributed by atoms with van der Waals surface area (Å²) in [6.45, 7) is 4.34. The van der Waals surface area contributed by atoms with E-state index in [1.54, 1.807) is 7.11 Å². The Morgan fingerprint density at radius 3 is 3.00 bits per heavy atom. The van der Waals surface area contributed by atoms with Crippen LogP contribution in [0, 0.1) is 5.92 Å². The van der Waals surface area contributed by atoms with Gasteiger partial charge in [0.05, 0.1) is 6.61 Å². The van der Waals surface area contributed by atoms with E-state index in [-0.39, 0.29) is 0 Å². The molecule has 60 valence electrons. The average Bonchev–Trinajstić information content (AvgIpc) is 1.88. The first-order chi connectivity index (χ1) is 4.83. The van der Waals surface area contributed by atoms with Crippen molar-refractivity contribution in [1.29, 1.82) is 0 Å². The normalized spacial score (nSPS) is 34.2. The summed E-state index contributed by atoms with van der Waals surface area (Å²) in [5.41, 5.74) is 0. The molecular formula is C8H17NO. The lowest BCUT2D eigenvalue weighted by Crippen LogP contribution is -2.40. The van der Waals surface area contributed by atoms with E-state index in [2.05, 4.69) is 12.2 Å². The molecule has 1 N–H and O–H groups in total. The first-order valence-electron chi connectivity index (χ1n) is 4.05. The Bertz CT molecular complexity index is 93.3. The van der Waals surface area contributed by atoms with Crippen molar-refractivity contribution in [3.63, 3.8) is 0 Å². The number of ether oxygens (including phenoxy) is 1. The minimum absolute atomic E-state index is 0.605. The zero-order valence-corrected chi connectivity index (χ0v) is 6.89. The van der Waals surface area contributed by atoms with Gasteiger partial charge in [0.1, 0.15) is 0 Å². The van der Waals surface area contributed by atoms with Crippen molar-refractivity contribution in [3.8, 4) is 0 Å². The first kappa shape index (κ1) is 8.02. The maximum Gasteiger partial charge on any atom is 0.0615 e. The minimum atomic E-state index is 0.605. The van der Waals surface area contributed by atoms with Crippen molar-refractivity contribution in [3.05, 3.63) is 0 Å². The zero-order chi connectivity index (χ0) is 7.40. The van der Waals surface area contributed by atoms with E-state index in [1.807, 2.05) is 0 Å². The summed E-state index contributed by atoms with van der Waals surface area (Å²) in [4.78, 5) is 0. The van der Waals surface area contributed by atoms with E-state index in [0.29, 0.717) is 6.04 Å². The maximum atomic E-state index is 5.07. The van der Waals surface area contributed by atoms with Crippen molar-refractivity contribution in [2.45, 2.75) is 25.8 Å². The van der Waals surface area contributed by atoms with Crippen LogP contribution in [0.25, 0.3) is 0 Å². The molecule has 0 amide bonds. The highest BCUT2D eigenvalue weighted by Gasteiger charge is 2.16. The maximum absolute atomic E-state index is 5.07. The summed E-state index contributed by atoms with van der Waals surface area (Å²) in [5.74, 6) is 0.876. The van der Waals surface area contributed by atoms with Crippen LogP contribution in [-0.4, -0.2) is 26.3 Å². The molecule has 1 aliphatic heterocycles. The summed E-state index contributed by atoms with van der Waals surface area (Å²) in [7, 11) is 1.76. The molecule has 0 aliphatic carbocycles. The molecule has 0 aromatic carbocycles. The van der Waals surface area contributed by atoms with Crippen LogP contribution in [0.5, 0.6) is 0 Å². The summed E-state index contributed by atoms with van der Waals surface area (Å²) in [6, 6.07) is 0.605. The van der Waals surface area contributed by atoms with Gasteiger partial charge in [0.25, 0.3) is 0 Å². The molecule has 2 nitrogen and oxygen atoms in total. The molecule has 2 atom stereocenters. The van der Waals surface area contributed by atoms with E-state index >= 15 is 0 Å². The van der Waals surface area contributed by atoms with E-state index in [1.165, 1.54) is 12.8 Å². The zero-order valence-electron chi connectivity index (χ0n) is 6.89. The molecule has 0 unspecified atom stereocenters. The van der Waals surface area contributed by atoms with E-state index in [4.69, 9.17) is 4.74 Å². The SMILES string of the molecule is COC[C@@H]1C[C@@H](C)CCN1. The monoisotopic (exact) mass is 143 g/mol. The van der Waals surface area contributed by atoms with Gasteiger partial charge in [-0.15, -0.1) is 0 Å². The predicted molar refractivity (Wildman–Crippen MR) is 42.1 cm³/mol. The molecule has 0 aromatic rings.